The summed E-state index contributed by atoms with van der Waals surface area (Å²) in [5.41, 5.74) is 1.04. The van der Waals surface area contributed by atoms with Gasteiger partial charge in [0.2, 0.25) is 0 Å². The zero-order valence-electron chi connectivity index (χ0n) is 13.8. The highest BCUT2D eigenvalue weighted by Gasteiger charge is 2.30. The van der Waals surface area contributed by atoms with Crippen molar-refractivity contribution in [2.45, 2.75) is 52.7 Å². The molecule has 0 unspecified atom stereocenters. The van der Waals surface area contributed by atoms with E-state index in [0.717, 1.165) is 25.2 Å². The highest BCUT2D eigenvalue weighted by Crippen LogP contribution is 2.24. The number of nitrogens with zero attached hydrogens (tertiary/aromatic N) is 1. The van der Waals surface area contributed by atoms with Crippen LogP contribution in [0.4, 0.5) is 0 Å². The van der Waals surface area contributed by atoms with Crippen LogP contribution in [0.5, 0.6) is 5.75 Å². The lowest BCUT2D eigenvalue weighted by molar-refractivity contribution is 0.0844. The normalized spacial score (nSPS) is 23.9. The smallest absolute Gasteiger partial charge is 0.120 e. The van der Waals surface area contributed by atoms with Crippen LogP contribution in [-0.2, 0) is 6.54 Å². The van der Waals surface area contributed by atoms with Gasteiger partial charge in [-0.3, -0.25) is 4.90 Å². The Bertz CT molecular complexity index is 445. The summed E-state index contributed by atoms with van der Waals surface area (Å²) in [7, 11) is 0. The third-order valence-electron chi connectivity index (χ3n) is 4.43. The largest absolute Gasteiger partial charge is 0.508 e. The first-order chi connectivity index (χ1) is 9.97. The fraction of sp³-hybridized carbons (Fsp3) is 0.667. The van der Waals surface area contributed by atoms with Crippen molar-refractivity contribution in [3.63, 3.8) is 0 Å². The Morgan fingerprint density at radius 1 is 1.24 bits per heavy atom. The van der Waals surface area contributed by atoms with Crippen LogP contribution in [-0.4, -0.2) is 35.2 Å². The molecule has 1 aromatic rings. The number of hydrogen-bond donors (Lipinski definition) is 2. The zero-order chi connectivity index (χ0) is 15.4. The summed E-state index contributed by atoms with van der Waals surface area (Å²) in [5, 5.41) is 13.7. The van der Waals surface area contributed by atoms with Crippen molar-refractivity contribution in [1.82, 2.24) is 10.2 Å². The van der Waals surface area contributed by atoms with E-state index >= 15 is 0 Å². The third kappa shape index (κ3) is 4.45. The summed E-state index contributed by atoms with van der Waals surface area (Å²) >= 11 is 0. The Labute approximate surface area is 129 Å². The average Bonchev–Trinajstić information content (AvgIpc) is 2.40. The van der Waals surface area contributed by atoms with Gasteiger partial charge in [0.25, 0.3) is 0 Å². The highest BCUT2D eigenvalue weighted by molar-refractivity contribution is 5.31. The maximum absolute atomic E-state index is 10.0. The van der Waals surface area contributed by atoms with Gasteiger partial charge in [-0.15, -0.1) is 0 Å². The van der Waals surface area contributed by atoms with Crippen LogP contribution in [0.1, 0.15) is 39.7 Å². The Morgan fingerprint density at radius 2 is 1.95 bits per heavy atom. The summed E-state index contributed by atoms with van der Waals surface area (Å²) in [6.07, 6.45) is 1.21. The molecule has 0 aromatic heterocycles. The number of phenols is 1. The molecule has 1 aromatic carbocycles. The summed E-state index contributed by atoms with van der Waals surface area (Å²) in [6.45, 7) is 12.1. The quantitative estimate of drug-likeness (QED) is 0.874. The van der Waals surface area contributed by atoms with Crippen LogP contribution in [0.2, 0.25) is 0 Å². The van der Waals surface area contributed by atoms with Crippen molar-refractivity contribution in [2.75, 3.05) is 13.1 Å². The molecule has 0 radical (unpaired) electrons. The van der Waals surface area contributed by atoms with Gasteiger partial charge in [0.05, 0.1) is 0 Å². The number of hydrogen-bond acceptors (Lipinski definition) is 3. The molecule has 1 aliphatic heterocycles. The molecule has 21 heavy (non-hydrogen) atoms. The molecule has 1 heterocycles. The molecule has 0 aliphatic carbocycles. The van der Waals surface area contributed by atoms with E-state index in [2.05, 4.69) is 37.9 Å². The molecule has 1 saturated heterocycles. The molecule has 0 bridgehead atoms. The Balaban J connectivity index is 2.09. The molecule has 1 fully saturated rings. The summed E-state index contributed by atoms with van der Waals surface area (Å²) in [5.74, 6) is 1.74. The molecule has 1 aliphatic rings. The second kappa shape index (κ2) is 7.28. The van der Waals surface area contributed by atoms with Crippen molar-refractivity contribution in [1.29, 1.82) is 0 Å². The van der Waals surface area contributed by atoms with E-state index in [1.807, 2.05) is 18.2 Å². The van der Waals surface area contributed by atoms with Gasteiger partial charge >= 0.3 is 0 Å². The fourth-order valence-corrected chi connectivity index (χ4v) is 3.33. The minimum atomic E-state index is 0.416. The van der Waals surface area contributed by atoms with Crippen LogP contribution in [0.25, 0.3) is 0 Å². The molecular formula is C18H30N2O. The Kier molecular flexibility index (Phi) is 5.65. The Hall–Kier alpha value is -1.06. The summed E-state index contributed by atoms with van der Waals surface area (Å²) in [6, 6.07) is 8.81. The molecule has 3 nitrogen and oxygen atoms in total. The third-order valence-corrected chi connectivity index (χ3v) is 4.43. The maximum Gasteiger partial charge on any atom is 0.120 e. The minimum absolute atomic E-state index is 0.416. The first-order valence-corrected chi connectivity index (χ1v) is 8.21. The number of para-hydroxylation sites is 1. The van der Waals surface area contributed by atoms with Gasteiger partial charge in [0.15, 0.2) is 0 Å². The first kappa shape index (κ1) is 16.3. The van der Waals surface area contributed by atoms with Gasteiger partial charge in [0.1, 0.15) is 5.75 Å². The lowest BCUT2D eigenvalue weighted by Crippen LogP contribution is -2.58. The van der Waals surface area contributed by atoms with Crippen LogP contribution < -0.4 is 5.32 Å². The van der Waals surface area contributed by atoms with Crippen molar-refractivity contribution >= 4 is 0 Å². The van der Waals surface area contributed by atoms with Gasteiger partial charge in [-0.1, -0.05) is 45.9 Å². The molecule has 0 amide bonds. The van der Waals surface area contributed by atoms with E-state index in [1.165, 1.54) is 6.42 Å². The van der Waals surface area contributed by atoms with E-state index in [-0.39, 0.29) is 0 Å². The predicted octanol–water partition coefficient (Wildman–Crippen LogP) is 3.24. The molecule has 2 atom stereocenters. The molecule has 0 saturated carbocycles. The molecule has 0 spiro atoms. The van der Waals surface area contributed by atoms with E-state index in [4.69, 9.17) is 0 Å². The minimum Gasteiger partial charge on any atom is -0.508 e. The molecule has 118 valence electrons. The second-order valence-corrected chi connectivity index (χ2v) is 7.10. The number of aromatic hydroxyl groups is 1. The van der Waals surface area contributed by atoms with Gasteiger partial charge in [-0.05, 0) is 24.3 Å². The monoisotopic (exact) mass is 290 g/mol. The fourth-order valence-electron chi connectivity index (χ4n) is 3.33. The molecule has 2 rings (SSSR count). The van der Waals surface area contributed by atoms with Gasteiger partial charge in [0, 0.05) is 37.3 Å². The average molecular weight is 290 g/mol. The number of benzene rings is 1. The lowest BCUT2D eigenvalue weighted by Gasteiger charge is -2.43. The second-order valence-electron chi connectivity index (χ2n) is 7.10. The zero-order valence-corrected chi connectivity index (χ0v) is 13.8. The Morgan fingerprint density at radius 3 is 2.57 bits per heavy atom. The molecule has 2 N–H and O–H groups in total. The topological polar surface area (TPSA) is 35.5 Å². The van der Waals surface area contributed by atoms with Crippen LogP contribution in [0.3, 0.4) is 0 Å². The van der Waals surface area contributed by atoms with E-state index in [0.29, 0.717) is 29.7 Å². The predicted molar refractivity (Wildman–Crippen MR) is 88.4 cm³/mol. The number of rotatable bonds is 5. The highest BCUT2D eigenvalue weighted by atomic mass is 16.3. The number of piperazine rings is 1. The summed E-state index contributed by atoms with van der Waals surface area (Å²) < 4.78 is 0. The van der Waals surface area contributed by atoms with Crippen LogP contribution in [0, 0.1) is 11.8 Å². The van der Waals surface area contributed by atoms with Crippen molar-refractivity contribution < 1.29 is 5.11 Å². The standard InChI is InChI=1S/C18H30N2O/c1-13(2)9-16-12-20(17(10-19-16)14(3)4)11-15-7-5-6-8-18(15)21/h5-8,13-14,16-17,19,21H,9-12H2,1-4H3/t16-,17+/m1/s1. The van der Waals surface area contributed by atoms with Crippen LogP contribution >= 0.6 is 0 Å². The van der Waals surface area contributed by atoms with Crippen molar-refractivity contribution in [3.05, 3.63) is 29.8 Å². The van der Waals surface area contributed by atoms with Gasteiger partial charge in [-0.2, -0.15) is 0 Å². The van der Waals surface area contributed by atoms with Crippen molar-refractivity contribution in [2.24, 2.45) is 11.8 Å². The molecule has 3 heteroatoms. The van der Waals surface area contributed by atoms with Crippen molar-refractivity contribution in [3.8, 4) is 5.75 Å². The number of phenolic OH excluding ortho intramolecular Hbond substituents is 1. The molecular weight excluding hydrogens is 260 g/mol. The number of nitrogens with one attached hydrogen (secondary N) is 1. The first-order valence-electron chi connectivity index (χ1n) is 8.21. The van der Waals surface area contributed by atoms with E-state index in [9.17, 15) is 5.11 Å². The maximum atomic E-state index is 10.0. The SMILES string of the molecule is CC(C)C[C@@H]1CN(Cc2ccccc2O)[C@H](C(C)C)CN1. The summed E-state index contributed by atoms with van der Waals surface area (Å²) in [4.78, 5) is 2.54. The van der Waals surface area contributed by atoms with E-state index in [1.54, 1.807) is 6.07 Å². The van der Waals surface area contributed by atoms with Crippen LogP contribution in [0.15, 0.2) is 24.3 Å². The van der Waals surface area contributed by atoms with E-state index < -0.39 is 0 Å². The lowest BCUT2D eigenvalue weighted by atomic mass is 9.94. The van der Waals surface area contributed by atoms with Gasteiger partial charge in [-0.25, -0.2) is 0 Å². The van der Waals surface area contributed by atoms with Gasteiger partial charge < -0.3 is 10.4 Å².